The number of alkyl halides is 3. The first-order valence-electron chi connectivity index (χ1n) is 11.7. The predicted molar refractivity (Wildman–Crippen MR) is 131 cm³/mol. The molecule has 0 amide bonds. The SMILES string of the molecule is COc1ncc(-c2cc(C3CC3c3ccc4nccc(OCC(F)(F)F)c4c3)c3nccn3n2)c(OC)n1. The topological polar surface area (TPSA) is 96.6 Å². The summed E-state index contributed by atoms with van der Waals surface area (Å²) in [6, 6.07) is 9.23. The summed E-state index contributed by atoms with van der Waals surface area (Å²) in [5.74, 6) is 0.746. The Labute approximate surface area is 214 Å². The van der Waals surface area contributed by atoms with Crippen molar-refractivity contribution in [3.8, 4) is 28.9 Å². The summed E-state index contributed by atoms with van der Waals surface area (Å²) >= 11 is 0. The average molecular weight is 522 g/mol. The molecule has 6 rings (SSSR count). The van der Waals surface area contributed by atoms with Gasteiger partial charge in [0.25, 0.3) is 0 Å². The third kappa shape index (κ3) is 4.42. The van der Waals surface area contributed by atoms with Crippen molar-refractivity contribution in [2.45, 2.75) is 24.4 Å². The maximum Gasteiger partial charge on any atom is 0.422 e. The number of benzene rings is 1. The summed E-state index contributed by atoms with van der Waals surface area (Å²) in [6.07, 6.45) is 2.90. The number of ether oxygens (including phenoxy) is 3. The van der Waals surface area contributed by atoms with Crippen LogP contribution in [0.1, 0.15) is 29.4 Å². The first-order valence-corrected chi connectivity index (χ1v) is 11.7. The number of pyridine rings is 1. The van der Waals surface area contributed by atoms with Gasteiger partial charge >= 0.3 is 12.2 Å². The van der Waals surface area contributed by atoms with Crippen LogP contribution in [0.2, 0.25) is 0 Å². The van der Waals surface area contributed by atoms with E-state index in [-0.39, 0.29) is 23.6 Å². The minimum absolute atomic E-state index is 0.125. The van der Waals surface area contributed by atoms with E-state index in [2.05, 4.69) is 25.0 Å². The second-order valence-electron chi connectivity index (χ2n) is 8.90. The molecule has 4 heterocycles. The van der Waals surface area contributed by atoms with Crippen LogP contribution in [0.5, 0.6) is 17.6 Å². The van der Waals surface area contributed by atoms with Crippen LogP contribution in [-0.2, 0) is 0 Å². The molecule has 1 aliphatic carbocycles. The third-order valence-electron chi connectivity index (χ3n) is 6.51. The van der Waals surface area contributed by atoms with Crippen molar-refractivity contribution in [3.05, 3.63) is 66.2 Å². The first-order chi connectivity index (χ1) is 18.3. The molecule has 0 radical (unpaired) electrons. The summed E-state index contributed by atoms with van der Waals surface area (Å²) < 4.78 is 55.6. The van der Waals surface area contributed by atoms with E-state index in [4.69, 9.17) is 14.2 Å². The van der Waals surface area contributed by atoms with Crippen molar-refractivity contribution in [1.29, 1.82) is 0 Å². The fourth-order valence-electron chi connectivity index (χ4n) is 4.69. The normalized spacial score (nSPS) is 17.1. The van der Waals surface area contributed by atoms with E-state index >= 15 is 0 Å². The number of methoxy groups -OCH3 is 2. The van der Waals surface area contributed by atoms with Crippen molar-refractivity contribution in [2.75, 3.05) is 20.8 Å². The molecule has 1 aromatic carbocycles. The summed E-state index contributed by atoms with van der Waals surface area (Å²) in [6.45, 7) is -1.36. The zero-order chi connectivity index (χ0) is 26.4. The highest BCUT2D eigenvalue weighted by Gasteiger charge is 2.41. The summed E-state index contributed by atoms with van der Waals surface area (Å²) in [7, 11) is 2.99. The Morgan fingerprint density at radius 3 is 2.66 bits per heavy atom. The largest absolute Gasteiger partial charge is 0.483 e. The second-order valence-corrected chi connectivity index (χ2v) is 8.90. The number of aromatic nitrogens is 6. The second kappa shape index (κ2) is 9.12. The highest BCUT2D eigenvalue weighted by atomic mass is 19.4. The van der Waals surface area contributed by atoms with E-state index in [1.54, 1.807) is 23.1 Å². The van der Waals surface area contributed by atoms with Crippen LogP contribution < -0.4 is 14.2 Å². The lowest BCUT2D eigenvalue weighted by Gasteiger charge is -2.12. The summed E-state index contributed by atoms with van der Waals surface area (Å²) in [5.41, 5.74) is 4.49. The van der Waals surface area contributed by atoms with E-state index in [1.165, 1.54) is 26.5 Å². The Kier molecular flexibility index (Phi) is 5.73. The molecule has 0 N–H and O–H groups in total. The first kappa shape index (κ1) is 23.9. The molecule has 1 fully saturated rings. The monoisotopic (exact) mass is 522 g/mol. The predicted octanol–water partition coefficient (Wildman–Crippen LogP) is 4.96. The van der Waals surface area contributed by atoms with E-state index < -0.39 is 12.8 Å². The Hall–Kier alpha value is -4.48. The van der Waals surface area contributed by atoms with E-state index in [0.717, 1.165) is 23.2 Å². The van der Waals surface area contributed by atoms with Crippen molar-refractivity contribution in [1.82, 2.24) is 29.5 Å². The van der Waals surface area contributed by atoms with Crippen LogP contribution >= 0.6 is 0 Å². The zero-order valence-electron chi connectivity index (χ0n) is 20.3. The maximum atomic E-state index is 12.8. The van der Waals surface area contributed by atoms with Gasteiger partial charge in [0.05, 0.1) is 31.0 Å². The van der Waals surface area contributed by atoms with Crippen molar-refractivity contribution in [3.63, 3.8) is 0 Å². The van der Waals surface area contributed by atoms with Gasteiger partial charge in [0.2, 0.25) is 5.88 Å². The number of halogens is 3. The highest BCUT2D eigenvalue weighted by Crippen LogP contribution is 2.56. The van der Waals surface area contributed by atoms with Crippen molar-refractivity contribution < 1.29 is 27.4 Å². The molecule has 5 aromatic rings. The van der Waals surface area contributed by atoms with Crippen LogP contribution in [0.15, 0.2) is 55.1 Å². The van der Waals surface area contributed by atoms with Gasteiger partial charge in [-0.15, -0.1) is 0 Å². The van der Waals surface area contributed by atoms with E-state index in [1.807, 2.05) is 24.3 Å². The molecule has 0 bridgehead atoms. The summed E-state index contributed by atoms with van der Waals surface area (Å²) in [4.78, 5) is 17.3. The number of fused-ring (bicyclic) bond motifs is 2. The van der Waals surface area contributed by atoms with Crippen LogP contribution in [0.25, 0.3) is 27.8 Å². The molecular formula is C26H21F3N6O3. The summed E-state index contributed by atoms with van der Waals surface area (Å²) in [5, 5.41) is 5.21. The van der Waals surface area contributed by atoms with Gasteiger partial charge < -0.3 is 14.2 Å². The lowest BCUT2D eigenvalue weighted by atomic mass is 10.0. The molecule has 12 heteroatoms. The van der Waals surface area contributed by atoms with Crippen LogP contribution in [0.3, 0.4) is 0 Å². The quantitative estimate of drug-likeness (QED) is 0.296. The van der Waals surface area contributed by atoms with Gasteiger partial charge in [0.15, 0.2) is 12.3 Å². The van der Waals surface area contributed by atoms with Gasteiger partial charge in [0, 0.05) is 35.7 Å². The van der Waals surface area contributed by atoms with Gasteiger partial charge in [-0.1, -0.05) is 6.07 Å². The van der Waals surface area contributed by atoms with E-state index in [0.29, 0.717) is 28.0 Å². The van der Waals surface area contributed by atoms with Gasteiger partial charge in [-0.05, 0) is 48.1 Å². The Bertz CT molecular complexity index is 1660. The molecule has 0 saturated heterocycles. The fraction of sp³-hybridized carbons (Fsp3) is 0.269. The highest BCUT2D eigenvalue weighted by molar-refractivity contribution is 5.85. The van der Waals surface area contributed by atoms with Gasteiger partial charge in [-0.25, -0.2) is 14.5 Å². The van der Waals surface area contributed by atoms with Gasteiger partial charge in [-0.3, -0.25) is 4.98 Å². The maximum absolute atomic E-state index is 12.8. The third-order valence-corrected chi connectivity index (χ3v) is 6.51. The minimum Gasteiger partial charge on any atom is -0.483 e. The van der Waals surface area contributed by atoms with Crippen molar-refractivity contribution in [2.24, 2.45) is 0 Å². The number of imidazole rings is 1. The number of hydrogen-bond donors (Lipinski definition) is 0. The fourth-order valence-corrected chi connectivity index (χ4v) is 4.69. The molecule has 38 heavy (non-hydrogen) atoms. The molecule has 2 unspecified atom stereocenters. The molecule has 194 valence electrons. The Morgan fingerprint density at radius 2 is 1.87 bits per heavy atom. The zero-order valence-corrected chi connectivity index (χ0v) is 20.3. The average Bonchev–Trinajstić information content (AvgIpc) is 3.58. The minimum atomic E-state index is -4.43. The molecule has 4 aromatic heterocycles. The Morgan fingerprint density at radius 1 is 1.00 bits per heavy atom. The van der Waals surface area contributed by atoms with Crippen molar-refractivity contribution >= 4 is 16.6 Å². The molecule has 0 spiro atoms. The molecule has 0 aliphatic heterocycles. The standard InChI is InChI=1S/C26H21F3N6O3/c1-36-24-19(12-32-25(33-24)37-2)21-11-17(23-31-7-8-35(23)34-21)16-10-15(16)14-3-4-20-18(9-14)22(5-6-30-20)38-13-26(27,28)29/h3-9,11-12,15-16H,10,13H2,1-2H3. The van der Waals surface area contributed by atoms with Crippen LogP contribution in [0.4, 0.5) is 13.2 Å². The number of hydrogen-bond acceptors (Lipinski definition) is 8. The van der Waals surface area contributed by atoms with Gasteiger partial charge in [-0.2, -0.15) is 23.3 Å². The molecule has 9 nitrogen and oxygen atoms in total. The molecular weight excluding hydrogens is 501 g/mol. The molecule has 1 saturated carbocycles. The van der Waals surface area contributed by atoms with Crippen LogP contribution in [-0.4, -0.2) is 56.6 Å². The molecule has 2 atom stereocenters. The lowest BCUT2D eigenvalue weighted by molar-refractivity contribution is -0.153. The molecule has 1 aliphatic rings. The number of nitrogens with zero attached hydrogens (tertiary/aromatic N) is 6. The van der Waals surface area contributed by atoms with E-state index in [9.17, 15) is 13.2 Å². The Balaban J connectivity index is 1.36. The lowest BCUT2D eigenvalue weighted by Crippen LogP contribution is -2.19. The smallest absolute Gasteiger partial charge is 0.422 e. The van der Waals surface area contributed by atoms with Gasteiger partial charge in [0.1, 0.15) is 5.75 Å². The van der Waals surface area contributed by atoms with Crippen LogP contribution in [0, 0.1) is 0 Å². The number of rotatable bonds is 7.